The third kappa shape index (κ3) is 4.00. The van der Waals surface area contributed by atoms with Crippen LogP contribution in [0.1, 0.15) is 29.8 Å². The van der Waals surface area contributed by atoms with Crippen LogP contribution in [0.2, 0.25) is 0 Å². The Bertz CT molecular complexity index is 929. The van der Waals surface area contributed by atoms with Crippen LogP contribution in [0.3, 0.4) is 0 Å². The Hall–Kier alpha value is -3.15. The van der Waals surface area contributed by atoms with E-state index in [1.165, 1.54) is 0 Å². The quantitative estimate of drug-likeness (QED) is 0.701. The molecule has 3 aromatic rings. The van der Waals surface area contributed by atoms with Crippen molar-refractivity contribution in [1.82, 2.24) is 15.2 Å². The van der Waals surface area contributed by atoms with Gasteiger partial charge in [0.25, 0.3) is 0 Å². The summed E-state index contributed by atoms with van der Waals surface area (Å²) in [6.07, 6.45) is 0. The maximum atomic E-state index is 5.47. The fraction of sp³-hybridized carbons (Fsp3) is 0.286. The molecule has 0 saturated heterocycles. The molecule has 0 aliphatic carbocycles. The second-order valence-electron chi connectivity index (χ2n) is 6.37. The van der Waals surface area contributed by atoms with Crippen molar-refractivity contribution in [2.75, 3.05) is 19.5 Å². The molecule has 0 spiro atoms. The van der Waals surface area contributed by atoms with Crippen LogP contribution >= 0.6 is 0 Å². The number of aryl methyl sites for hydroxylation is 2. The van der Waals surface area contributed by atoms with E-state index >= 15 is 0 Å². The molecule has 0 saturated carbocycles. The number of methoxy groups -OCH3 is 2. The molecule has 0 aliphatic heterocycles. The van der Waals surface area contributed by atoms with Crippen LogP contribution in [0.4, 0.5) is 5.95 Å². The highest BCUT2D eigenvalue weighted by molar-refractivity contribution is 5.68. The lowest BCUT2D eigenvalue weighted by atomic mass is 10.1. The maximum Gasteiger partial charge on any atom is 0.243 e. The van der Waals surface area contributed by atoms with Gasteiger partial charge in [0.15, 0.2) is 11.5 Å². The van der Waals surface area contributed by atoms with E-state index in [1.807, 2.05) is 44.2 Å². The molecule has 6 nitrogen and oxygen atoms in total. The van der Waals surface area contributed by atoms with E-state index in [0.717, 1.165) is 33.8 Å². The molecule has 0 unspecified atom stereocenters. The van der Waals surface area contributed by atoms with Gasteiger partial charge in [-0.05, 0) is 44.0 Å². The van der Waals surface area contributed by atoms with Crippen molar-refractivity contribution in [1.29, 1.82) is 0 Å². The van der Waals surface area contributed by atoms with Crippen LogP contribution in [0.15, 0.2) is 42.5 Å². The van der Waals surface area contributed by atoms with Gasteiger partial charge in [0.05, 0.1) is 31.6 Å². The average Bonchev–Trinajstić information content (AvgIpc) is 2.69. The molecule has 3 rings (SSSR count). The van der Waals surface area contributed by atoms with Crippen molar-refractivity contribution >= 4 is 5.95 Å². The van der Waals surface area contributed by atoms with E-state index in [9.17, 15) is 0 Å². The van der Waals surface area contributed by atoms with Crippen molar-refractivity contribution < 1.29 is 9.47 Å². The summed E-state index contributed by atoms with van der Waals surface area (Å²) >= 11 is 0. The Morgan fingerprint density at radius 1 is 0.963 bits per heavy atom. The SMILES string of the molecule is COc1cc(-c2nc(N[C@H](C)c3ccccc3)nnc2C)cc(C)c1OC. The topological polar surface area (TPSA) is 69.2 Å². The van der Waals surface area contributed by atoms with Gasteiger partial charge in [-0.15, -0.1) is 10.2 Å². The first-order chi connectivity index (χ1) is 13.0. The van der Waals surface area contributed by atoms with Gasteiger partial charge >= 0.3 is 0 Å². The molecule has 27 heavy (non-hydrogen) atoms. The molecule has 0 radical (unpaired) electrons. The van der Waals surface area contributed by atoms with E-state index in [0.29, 0.717) is 11.7 Å². The molecule has 0 amide bonds. The third-order valence-corrected chi connectivity index (χ3v) is 4.44. The Balaban J connectivity index is 1.95. The van der Waals surface area contributed by atoms with Gasteiger partial charge < -0.3 is 14.8 Å². The summed E-state index contributed by atoms with van der Waals surface area (Å²) in [5.74, 6) is 1.87. The second-order valence-corrected chi connectivity index (χ2v) is 6.37. The van der Waals surface area contributed by atoms with E-state index in [-0.39, 0.29) is 6.04 Å². The highest BCUT2D eigenvalue weighted by Crippen LogP contribution is 2.36. The summed E-state index contributed by atoms with van der Waals surface area (Å²) in [5, 5.41) is 11.8. The van der Waals surface area contributed by atoms with Gasteiger partial charge in [0.2, 0.25) is 5.95 Å². The summed E-state index contributed by atoms with van der Waals surface area (Å²) in [6, 6.07) is 14.2. The molecular weight excluding hydrogens is 340 g/mol. The largest absolute Gasteiger partial charge is 0.493 e. The summed E-state index contributed by atoms with van der Waals surface area (Å²) in [6.45, 7) is 5.94. The fourth-order valence-electron chi connectivity index (χ4n) is 3.02. The molecule has 6 heteroatoms. The summed E-state index contributed by atoms with van der Waals surface area (Å²) in [7, 11) is 3.26. The monoisotopic (exact) mass is 364 g/mol. The van der Waals surface area contributed by atoms with Crippen molar-refractivity contribution in [3.8, 4) is 22.8 Å². The molecule has 0 aliphatic rings. The zero-order valence-corrected chi connectivity index (χ0v) is 16.3. The standard InChI is InChI=1S/C21H24N4O2/c1-13-11-17(12-18(26-4)20(13)27-5)19-15(3)24-25-21(23-19)22-14(2)16-9-7-6-8-10-16/h6-12,14H,1-5H3,(H,22,23,25)/t14-/m1/s1. The minimum atomic E-state index is 0.0655. The lowest BCUT2D eigenvalue weighted by Gasteiger charge is -2.16. The van der Waals surface area contributed by atoms with Crippen LogP contribution in [0, 0.1) is 13.8 Å². The smallest absolute Gasteiger partial charge is 0.243 e. The normalized spacial score (nSPS) is 11.7. The number of aromatic nitrogens is 3. The van der Waals surface area contributed by atoms with E-state index in [2.05, 4.69) is 34.6 Å². The molecule has 140 valence electrons. The molecule has 1 aromatic heterocycles. The minimum Gasteiger partial charge on any atom is -0.493 e. The molecular formula is C21H24N4O2. The highest BCUT2D eigenvalue weighted by atomic mass is 16.5. The van der Waals surface area contributed by atoms with Crippen LogP contribution in [-0.4, -0.2) is 29.4 Å². The van der Waals surface area contributed by atoms with Crippen molar-refractivity contribution in [2.45, 2.75) is 26.8 Å². The van der Waals surface area contributed by atoms with Crippen LogP contribution < -0.4 is 14.8 Å². The van der Waals surface area contributed by atoms with Gasteiger partial charge in [-0.2, -0.15) is 0 Å². The average molecular weight is 364 g/mol. The molecule has 1 atom stereocenters. The predicted molar refractivity (Wildman–Crippen MR) is 106 cm³/mol. The lowest BCUT2D eigenvalue weighted by molar-refractivity contribution is 0.353. The predicted octanol–water partition coefficient (Wildman–Crippen LogP) is 4.35. The number of benzene rings is 2. The number of anilines is 1. The van der Waals surface area contributed by atoms with E-state index in [4.69, 9.17) is 14.5 Å². The first-order valence-corrected chi connectivity index (χ1v) is 8.79. The van der Waals surface area contributed by atoms with Crippen LogP contribution in [-0.2, 0) is 0 Å². The summed E-state index contributed by atoms with van der Waals surface area (Å²) in [5.41, 5.74) is 4.55. The number of nitrogens with one attached hydrogen (secondary N) is 1. The van der Waals surface area contributed by atoms with Crippen molar-refractivity contribution in [3.05, 3.63) is 59.3 Å². The Labute approximate surface area is 159 Å². The van der Waals surface area contributed by atoms with Crippen molar-refractivity contribution in [2.24, 2.45) is 0 Å². The molecule has 1 N–H and O–H groups in total. The third-order valence-electron chi connectivity index (χ3n) is 4.44. The number of nitrogens with zero attached hydrogens (tertiary/aromatic N) is 3. The van der Waals surface area contributed by atoms with Gasteiger partial charge in [0.1, 0.15) is 0 Å². The summed E-state index contributed by atoms with van der Waals surface area (Å²) < 4.78 is 10.9. The van der Waals surface area contributed by atoms with Gasteiger partial charge in [0, 0.05) is 5.56 Å². The highest BCUT2D eigenvalue weighted by Gasteiger charge is 2.15. The zero-order chi connectivity index (χ0) is 19.4. The first-order valence-electron chi connectivity index (χ1n) is 8.79. The summed E-state index contributed by atoms with van der Waals surface area (Å²) in [4.78, 5) is 4.70. The zero-order valence-electron chi connectivity index (χ0n) is 16.3. The number of rotatable bonds is 6. The number of ether oxygens (including phenoxy) is 2. The lowest BCUT2D eigenvalue weighted by Crippen LogP contribution is -2.11. The van der Waals surface area contributed by atoms with Gasteiger partial charge in [-0.3, -0.25) is 0 Å². The van der Waals surface area contributed by atoms with Crippen LogP contribution in [0.25, 0.3) is 11.3 Å². The number of hydrogen-bond donors (Lipinski definition) is 1. The maximum absolute atomic E-state index is 5.47. The fourth-order valence-corrected chi connectivity index (χ4v) is 3.02. The Kier molecular flexibility index (Phi) is 5.54. The van der Waals surface area contributed by atoms with E-state index < -0.39 is 0 Å². The molecule has 2 aromatic carbocycles. The molecule has 0 fully saturated rings. The first kappa shape index (κ1) is 18.6. The van der Waals surface area contributed by atoms with Crippen LogP contribution in [0.5, 0.6) is 11.5 Å². The molecule has 0 bridgehead atoms. The Morgan fingerprint density at radius 2 is 1.70 bits per heavy atom. The van der Waals surface area contributed by atoms with E-state index in [1.54, 1.807) is 14.2 Å². The van der Waals surface area contributed by atoms with Gasteiger partial charge in [-0.1, -0.05) is 30.3 Å². The molecule has 1 heterocycles. The van der Waals surface area contributed by atoms with Gasteiger partial charge in [-0.25, -0.2) is 4.98 Å². The van der Waals surface area contributed by atoms with Crippen molar-refractivity contribution in [3.63, 3.8) is 0 Å². The number of hydrogen-bond acceptors (Lipinski definition) is 6. The Morgan fingerprint density at radius 3 is 2.37 bits per heavy atom. The second kappa shape index (κ2) is 8.03. The minimum absolute atomic E-state index is 0.0655.